The molecule has 2 fully saturated rings. The van der Waals surface area contributed by atoms with E-state index in [1.165, 1.54) is 18.4 Å². The summed E-state index contributed by atoms with van der Waals surface area (Å²) in [7, 11) is 0. The highest BCUT2D eigenvalue weighted by Crippen LogP contribution is 2.25. The molecule has 154 valence electrons. The molecule has 5 heteroatoms. The van der Waals surface area contributed by atoms with Crippen LogP contribution in [-0.4, -0.2) is 49.8 Å². The number of hydrogen-bond acceptors (Lipinski definition) is 4. The fraction of sp³-hybridized carbons (Fsp3) is 0.458. The highest BCUT2D eigenvalue weighted by atomic mass is 16.5. The summed E-state index contributed by atoms with van der Waals surface area (Å²) in [4.78, 5) is 15.4. The molecule has 1 amide bonds. The molecule has 0 spiro atoms. The first-order valence-electron chi connectivity index (χ1n) is 10.7. The van der Waals surface area contributed by atoms with Crippen LogP contribution in [0.15, 0.2) is 54.6 Å². The number of ether oxygens (including phenoxy) is 2. The van der Waals surface area contributed by atoms with Gasteiger partial charge in [-0.2, -0.15) is 0 Å². The zero-order chi connectivity index (χ0) is 19.9. The Labute approximate surface area is 173 Å². The van der Waals surface area contributed by atoms with Crippen molar-refractivity contribution >= 4 is 5.91 Å². The molecule has 2 aliphatic rings. The van der Waals surface area contributed by atoms with E-state index in [0.29, 0.717) is 24.5 Å². The fourth-order valence-electron chi connectivity index (χ4n) is 4.21. The Morgan fingerprint density at radius 2 is 1.83 bits per heavy atom. The Bertz CT molecular complexity index is 784. The van der Waals surface area contributed by atoms with E-state index >= 15 is 0 Å². The lowest BCUT2D eigenvalue weighted by molar-refractivity contribution is 0.0670. The second-order valence-electron chi connectivity index (χ2n) is 7.82. The summed E-state index contributed by atoms with van der Waals surface area (Å²) in [5.41, 5.74) is 1.83. The molecular weight excluding hydrogens is 364 g/mol. The predicted molar refractivity (Wildman–Crippen MR) is 113 cm³/mol. The molecular formula is C24H30N2O3. The zero-order valence-corrected chi connectivity index (χ0v) is 16.9. The van der Waals surface area contributed by atoms with Gasteiger partial charge in [0.1, 0.15) is 12.4 Å². The second-order valence-corrected chi connectivity index (χ2v) is 7.82. The molecule has 2 atom stereocenters. The number of carbonyl (C=O) groups excluding carboxylic acids is 1. The third-order valence-electron chi connectivity index (χ3n) is 5.80. The summed E-state index contributed by atoms with van der Waals surface area (Å²) in [6, 6.07) is 18.1. The summed E-state index contributed by atoms with van der Waals surface area (Å²) in [6.45, 7) is 4.04. The van der Waals surface area contributed by atoms with Crippen molar-refractivity contribution in [1.82, 2.24) is 10.2 Å². The van der Waals surface area contributed by atoms with Gasteiger partial charge in [-0.15, -0.1) is 0 Å². The number of rotatable bonds is 8. The van der Waals surface area contributed by atoms with Crippen LogP contribution in [0.1, 0.15) is 47.6 Å². The van der Waals surface area contributed by atoms with Crippen LogP contribution in [-0.2, 0) is 4.74 Å². The van der Waals surface area contributed by atoms with Crippen molar-refractivity contribution < 1.29 is 14.3 Å². The summed E-state index contributed by atoms with van der Waals surface area (Å²) >= 11 is 0. The second kappa shape index (κ2) is 9.90. The summed E-state index contributed by atoms with van der Waals surface area (Å²) in [5, 5.41) is 3.15. The minimum absolute atomic E-state index is 0.0898. The van der Waals surface area contributed by atoms with Gasteiger partial charge in [0.05, 0.1) is 17.7 Å². The highest BCUT2D eigenvalue weighted by Gasteiger charge is 2.24. The van der Waals surface area contributed by atoms with Gasteiger partial charge < -0.3 is 14.8 Å². The monoisotopic (exact) mass is 394 g/mol. The lowest BCUT2D eigenvalue weighted by atomic mass is 10.1. The molecule has 0 radical (unpaired) electrons. The Balaban J connectivity index is 1.41. The molecule has 0 unspecified atom stereocenters. The Morgan fingerprint density at radius 3 is 2.59 bits per heavy atom. The average Bonchev–Trinajstić information content (AvgIpc) is 3.48. The van der Waals surface area contributed by atoms with E-state index in [4.69, 9.17) is 9.47 Å². The number of carbonyl (C=O) groups is 1. The van der Waals surface area contributed by atoms with Crippen molar-refractivity contribution in [3.63, 3.8) is 0 Å². The van der Waals surface area contributed by atoms with E-state index in [2.05, 4.69) is 34.5 Å². The van der Waals surface area contributed by atoms with E-state index in [-0.39, 0.29) is 18.1 Å². The number of nitrogens with zero attached hydrogens (tertiary/aromatic N) is 1. The SMILES string of the molecule is O=C(NC[C@H](c1ccccc1)N1CCCC1)c1ccccc1OC[C@@H]1CCCO1. The number of likely N-dealkylation sites (tertiary alicyclic amines) is 1. The largest absolute Gasteiger partial charge is 0.490 e. The van der Waals surface area contributed by atoms with Gasteiger partial charge in [-0.3, -0.25) is 9.69 Å². The normalized spacial score (nSPS) is 20.5. The third kappa shape index (κ3) is 5.17. The first-order chi connectivity index (χ1) is 14.3. The van der Waals surface area contributed by atoms with Crippen molar-refractivity contribution in [3.8, 4) is 5.75 Å². The van der Waals surface area contributed by atoms with E-state index in [0.717, 1.165) is 32.5 Å². The molecule has 2 aromatic rings. The standard InChI is InChI=1S/C24H30N2O3/c27-24(21-12-4-5-13-23(21)29-18-20-11-8-16-28-20)25-17-22(26-14-6-7-15-26)19-9-2-1-3-10-19/h1-5,9-10,12-13,20,22H,6-8,11,14-18H2,(H,25,27)/t20-,22+/m0/s1. The number of para-hydroxylation sites is 1. The highest BCUT2D eigenvalue weighted by molar-refractivity contribution is 5.96. The van der Waals surface area contributed by atoms with Crippen molar-refractivity contribution in [2.45, 2.75) is 37.8 Å². The smallest absolute Gasteiger partial charge is 0.255 e. The molecule has 2 aliphatic heterocycles. The quantitative estimate of drug-likeness (QED) is 0.740. The van der Waals surface area contributed by atoms with Gasteiger partial charge in [0, 0.05) is 13.2 Å². The van der Waals surface area contributed by atoms with Crippen LogP contribution in [0.2, 0.25) is 0 Å². The molecule has 0 aliphatic carbocycles. The molecule has 2 aromatic carbocycles. The van der Waals surface area contributed by atoms with Crippen molar-refractivity contribution in [2.24, 2.45) is 0 Å². The minimum atomic E-state index is -0.0898. The lowest BCUT2D eigenvalue weighted by Crippen LogP contribution is -2.37. The van der Waals surface area contributed by atoms with Crippen LogP contribution in [0.4, 0.5) is 0 Å². The predicted octanol–water partition coefficient (Wildman–Crippen LogP) is 3.81. The van der Waals surface area contributed by atoms with Crippen LogP contribution >= 0.6 is 0 Å². The zero-order valence-electron chi connectivity index (χ0n) is 16.9. The van der Waals surface area contributed by atoms with Gasteiger partial charge in [0.15, 0.2) is 0 Å². The third-order valence-corrected chi connectivity index (χ3v) is 5.80. The summed E-state index contributed by atoms with van der Waals surface area (Å²) < 4.78 is 11.6. The van der Waals surface area contributed by atoms with E-state index in [1.54, 1.807) is 0 Å². The van der Waals surface area contributed by atoms with E-state index in [1.807, 2.05) is 30.3 Å². The van der Waals surface area contributed by atoms with Crippen molar-refractivity contribution in [2.75, 3.05) is 32.8 Å². The van der Waals surface area contributed by atoms with E-state index < -0.39 is 0 Å². The maximum atomic E-state index is 13.0. The molecule has 1 N–H and O–H groups in total. The van der Waals surface area contributed by atoms with Crippen molar-refractivity contribution in [1.29, 1.82) is 0 Å². The van der Waals surface area contributed by atoms with Crippen LogP contribution in [0.3, 0.4) is 0 Å². The Kier molecular flexibility index (Phi) is 6.80. The molecule has 0 bridgehead atoms. The number of benzene rings is 2. The number of hydrogen-bond donors (Lipinski definition) is 1. The topological polar surface area (TPSA) is 50.8 Å². The molecule has 2 heterocycles. The van der Waals surface area contributed by atoms with Crippen molar-refractivity contribution in [3.05, 3.63) is 65.7 Å². The molecule has 0 saturated carbocycles. The average molecular weight is 395 g/mol. The van der Waals surface area contributed by atoms with Crippen LogP contribution < -0.4 is 10.1 Å². The molecule has 4 rings (SSSR count). The Hall–Kier alpha value is -2.37. The maximum absolute atomic E-state index is 13.0. The number of nitrogens with one attached hydrogen (secondary N) is 1. The van der Waals surface area contributed by atoms with Crippen LogP contribution in [0.25, 0.3) is 0 Å². The van der Waals surface area contributed by atoms with Gasteiger partial charge in [0.25, 0.3) is 5.91 Å². The number of amides is 1. The molecule has 29 heavy (non-hydrogen) atoms. The first-order valence-corrected chi connectivity index (χ1v) is 10.7. The van der Waals surface area contributed by atoms with E-state index in [9.17, 15) is 4.79 Å². The summed E-state index contributed by atoms with van der Waals surface area (Å²) in [5.74, 6) is 0.533. The summed E-state index contributed by atoms with van der Waals surface area (Å²) in [6.07, 6.45) is 4.66. The van der Waals surface area contributed by atoms with Gasteiger partial charge >= 0.3 is 0 Å². The first kappa shape index (κ1) is 19.9. The van der Waals surface area contributed by atoms with Gasteiger partial charge in [-0.1, -0.05) is 42.5 Å². The molecule has 2 saturated heterocycles. The Morgan fingerprint density at radius 1 is 1.07 bits per heavy atom. The van der Waals surface area contributed by atoms with Crippen LogP contribution in [0.5, 0.6) is 5.75 Å². The van der Waals surface area contributed by atoms with Gasteiger partial charge in [-0.25, -0.2) is 0 Å². The molecule has 0 aromatic heterocycles. The lowest BCUT2D eigenvalue weighted by Gasteiger charge is -2.28. The fourth-order valence-corrected chi connectivity index (χ4v) is 4.21. The van der Waals surface area contributed by atoms with Gasteiger partial charge in [0.2, 0.25) is 0 Å². The van der Waals surface area contributed by atoms with Gasteiger partial charge in [-0.05, 0) is 56.5 Å². The van der Waals surface area contributed by atoms with Crippen LogP contribution in [0, 0.1) is 0 Å². The minimum Gasteiger partial charge on any atom is -0.490 e. The maximum Gasteiger partial charge on any atom is 0.255 e. The molecule has 5 nitrogen and oxygen atoms in total.